The highest BCUT2D eigenvalue weighted by Crippen LogP contribution is 2.34. The summed E-state index contributed by atoms with van der Waals surface area (Å²) in [6, 6.07) is 3.92. The maximum Gasteiger partial charge on any atom is 0.416 e. The van der Waals surface area contributed by atoms with E-state index in [0.717, 1.165) is 32.2 Å². The Morgan fingerprint density at radius 3 is 2.48 bits per heavy atom. The second-order valence-electron chi connectivity index (χ2n) is 5.21. The molecule has 1 fully saturated rings. The van der Waals surface area contributed by atoms with Crippen LogP contribution in [0.5, 0.6) is 0 Å². The topological polar surface area (TPSA) is 35.6 Å². The molecule has 116 valence electrons. The number of likely N-dealkylation sites (N-methyl/N-ethyl adjacent to an activating group) is 1. The smallest absolute Gasteiger partial charge is 0.329 e. The Labute approximate surface area is 121 Å². The molecule has 1 N–H and O–H groups in total. The first kappa shape index (κ1) is 15.8. The number of benzene rings is 1. The lowest BCUT2D eigenvalue weighted by Gasteiger charge is -2.33. The minimum Gasteiger partial charge on any atom is -0.329 e. The summed E-state index contributed by atoms with van der Waals surface area (Å²) in [6.07, 6.45) is -4.06. The van der Waals surface area contributed by atoms with Crippen molar-refractivity contribution < 1.29 is 18.0 Å². The lowest BCUT2D eigenvalue weighted by molar-refractivity contribution is -0.138. The number of hydrogen-bond acceptors (Lipinski definition) is 3. The van der Waals surface area contributed by atoms with Crippen molar-refractivity contribution in [2.45, 2.75) is 12.7 Å². The molecule has 21 heavy (non-hydrogen) atoms. The van der Waals surface area contributed by atoms with E-state index in [9.17, 15) is 18.0 Å². The van der Waals surface area contributed by atoms with Gasteiger partial charge in [-0.3, -0.25) is 9.69 Å². The third kappa shape index (κ3) is 4.18. The van der Waals surface area contributed by atoms with Gasteiger partial charge in [0.15, 0.2) is 0 Å². The van der Waals surface area contributed by atoms with E-state index in [-0.39, 0.29) is 17.8 Å². The summed E-state index contributed by atoms with van der Waals surface area (Å²) < 4.78 is 39.4. The van der Waals surface area contributed by atoms with Gasteiger partial charge in [-0.05, 0) is 24.7 Å². The van der Waals surface area contributed by atoms with Gasteiger partial charge in [-0.2, -0.15) is 13.2 Å². The SMILES string of the molecule is CN1CCN(Cc2ccc(NC=O)cc2C(F)(F)F)CC1. The predicted octanol–water partition coefficient (Wildman–Crippen LogP) is 2.02. The van der Waals surface area contributed by atoms with Gasteiger partial charge in [0.2, 0.25) is 6.41 Å². The quantitative estimate of drug-likeness (QED) is 0.864. The largest absolute Gasteiger partial charge is 0.416 e. The van der Waals surface area contributed by atoms with Gasteiger partial charge in [0.05, 0.1) is 5.56 Å². The number of nitrogens with one attached hydrogen (secondary N) is 1. The third-order valence-corrected chi connectivity index (χ3v) is 3.63. The van der Waals surface area contributed by atoms with Crippen LogP contribution in [0, 0.1) is 0 Å². The number of piperazine rings is 1. The zero-order valence-corrected chi connectivity index (χ0v) is 11.8. The van der Waals surface area contributed by atoms with Gasteiger partial charge >= 0.3 is 6.18 Å². The van der Waals surface area contributed by atoms with Crippen LogP contribution >= 0.6 is 0 Å². The summed E-state index contributed by atoms with van der Waals surface area (Å²) in [4.78, 5) is 14.5. The molecular formula is C14H18F3N3O. The highest BCUT2D eigenvalue weighted by Gasteiger charge is 2.34. The van der Waals surface area contributed by atoms with E-state index < -0.39 is 11.7 Å². The molecule has 1 saturated heterocycles. The molecule has 1 aromatic carbocycles. The first-order chi connectivity index (χ1) is 9.90. The molecule has 2 rings (SSSR count). The van der Waals surface area contributed by atoms with E-state index in [1.165, 1.54) is 12.1 Å². The Kier molecular flexibility index (Phi) is 4.84. The van der Waals surface area contributed by atoms with Crippen molar-refractivity contribution in [2.75, 3.05) is 38.5 Å². The molecule has 0 atom stereocenters. The fourth-order valence-corrected chi connectivity index (χ4v) is 2.38. The van der Waals surface area contributed by atoms with Crippen LogP contribution in [-0.2, 0) is 17.5 Å². The molecule has 0 aromatic heterocycles. The van der Waals surface area contributed by atoms with Crippen LogP contribution in [0.2, 0.25) is 0 Å². The van der Waals surface area contributed by atoms with E-state index >= 15 is 0 Å². The molecule has 0 spiro atoms. The monoisotopic (exact) mass is 301 g/mol. The fraction of sp³-hybridized carbons (Fsp3) is 0.500. The molecular weight excluding hydrogens is 283 g/mol. The van der Waals surface area contributed by atoms with E-state index in [1.54, 1.807) is 0 Å². The van der Waals surface area contributed by atoms with Gasteiger partial charge < -0.3 is 10.2 Å². The average molecular weight is 301 g/mol. The number of halogens is 3. The molecule has 1 amide bonds. The van der Waals surface area contributed by atoms with Crippen LogP contribution in [0.4, 0.5) is 18.9 Å². The number of alkyl halides is 3. The number of nitrogens with zero attached hydrogens (tertiary/aromatic N) is 2. The van der Waals surface area contributed by atoms with E-state index in [0.29, 0.717) is 6.41 Å². The first-order valence-electron chi connectivity index (χ1n) is 6.71. The highest BCUT2D eigenvalue weighted by atomic mass is 19.4. The Balaban J connectivity index is 2.19. The Morgan fingerprint density at radius 2 is 1.90 bits per heavy atom. The molecule has 0 saturated carbocycles. The van der Waals surface area contributed by atoms with Gasteiger partial charge in [0, 0.05) is 38.4 Å². The molecule has 1 aliphatic rings. The zero-order valence-electron chi connectivity index (χ0n) is 11.8. The van der Waals surface area contributed by atoms with Gasteiger partial charge in [-0.25, -0.2) is 0 Å². The fourth-order valence-electron chi connectivity index (χ4n) is 2.38. The van der Waals surface area contributed by atoms with Crippen LogP contribution in [0.3, 0.4) is 0 Å². The van der Waals surface area contributed by atoms with Crippen LogP contribution in [-0.4, -0.2) is 49.4 Å². The Morgan fingerprint density at radius 1 is 1.24 bits per heavy atom. The molecule has 1 aromatic rings. The number of rotatable bonds is 4. The average Bonchev–Trinajstić information content (AvgIpc) is 2.42. The van der Waals surface area contributed by atoms with Crippen molar-refractivity contribution in [3.05, 3.63) is 29.3 Å². The number of carbonyl (C=O) groups is 1. The zero-order chi connectivity index (χ0) is 15.5. The second kappa shape index (κ2) is 6.44. The minimum atomic E-state index is -4.43. The Bertz CT molecular complexity index is 497. The molecule has 4 nitrogen and oxygen atoms in total. The summed E-state index contributed by atoms with van der Waals surface area (Å²) >= 11 is 0. The van der Waals surface area contributed by atoms with E-state index in [2.05, 4.69) is 10.2 Å². The predicted molar refractivity (Wildman–Crippen MR) is 73.9 cm³/mol. The Hall–Kier alpha value is -1.60. The van der Waals surface area contributed by atoms with Crippen LogP contribution in [0.25, 0.3) is 0 Å². The molecule has 1 heterocycles. The number of carbonyl (C=O) groups excluding carboxylic acids is 1. The van der Waals surface area contributed by atoms with Crippen molar-refractivity contribution in [1.82, 2.24) is 9.80 Å². The summed E-state index contributed by atoms with van der Waals surface area (Å²) in [6.45, 7) is 3.48. The lowest BCUT2D eigenvalue weighted by Crippen LogP contribution is -2.44. The van der Waals surface area contributed by atoms with Crippen LogP contribution < -0.4 is 5.32 Å². The maximum atomic E-state index is 13.1. The van der Waals surface area contributed by atoms with E-state index in [1.807, 2.05) is 11.9 Å². The van der Waals surface area contributed by atoms with Crippen molar-refractivity contribution in [2.24, 2.45) is 0 Å². The summed E-state index contributed by atoms with van der Waals surface area (Å²) in [5.41, 5.74) is -0.295. The summed E-state index contributed by atoms with van der Waals surface area (Å²) in [5.74, 6) is 0. The van der Waals surface area contributed by atoms with Gasteiger partial charge in [0.25, 0.3) is 0 Å². The standard InChI is InChI=1S/C14H18F3N3O/c1-19-4-6-20(7-5-19)9-11-2-3-12(18-10-21)8-13(11)14(15,16)17/h2-3,8,10H,4-7,9H2,1H3,(H,18,21). The normalized spacial score (nSPS) is 17.7. The molecule has 0 radical (unpaired) electrons. The van der Waals surface area contributed by atoms with Crippen molar-refractivity contribution >= 4 is 12.1 Å². The molecule has 1 aliphatic heterocycles. The number of anilines is 1. The van der Waals surface area contributed by atoms with Gasteiger partial charge in [-0.15, -0.1) is 0 Å². The lowest BCUT2D eigenvalue weighted by atomic mass is 10.0. The summed E-state index contributed by atoms with van der Waals surface area (Å²) in [7, 11) is 2.00. The molecule has 0 unspecified atom stereocenters. The maximum absolute atomic E-state index is 13.1. The summed E-state index contributed by atoms with van der Waals surface area (Å²) in [5, 5.41) is 2.26. The minimum absolute atomic E-state index is 0.152. The first-order valence-corrected chi connectivity index (χ1v) is 6.71. The molecule has 0 aliphatic carbocycles. The molecule has 0 bridgehead atoms. The second-order valence-corrected chi connectivity index (χ2v) is 5.21. The van der Waals surface area contributed by atoms with Crippen molar-refractivity contribution in [3.8, 4) is 0 Å². The third-order valence-electron chi connectivity index (χ3n) is 3.63. The number of hydrogen-bond donors (Lipinski definition) is 1. The molecule has 7 heteroatoms. The van der Waals surface area contributed by atoms with Crippen LogP contribution in [0.1, 0.15) is 11.1 Å². The van der Waals surface area contributed by atoms with Crippen molar-refractivity contribution in [3.63, 3.8) is 0 Å². The van der Waals surface area contributed by atoms with Crippen molar-refractivity contribution in [1.29, 1.82) is 0 Å². The van der Waals surface area contributed by atoms with E-state index in [4.69, 9.17) is 0 Å². The van der Waals surface area contributed by atoms with Gasteiger partial charge in [-0.1, -0.05) is 6.07 Å². The van der Waals surface area contributed by atoms with Crippen LogP contribution in [0.15, 0.2) is 18.2 Å². The number of amides is 1. The van der Waals surface area contributed by atoms with Gasteiger partial charge in [0.1, 0.15) is 0 Å². The highest BCUT2D eigenvalue weighted by molar-refractivity contribution is 5.71.